The summed E-state index contributed by atoms with van der Waals surface area (Å²) in [6, 6.07) is -4.12. The van der Waals surface area contributed by atoms with Crippen LogP contribution >= 0.6 is 0 Å². The molecule has 0 aliphatic carbocycles. The summed E-state index contributed by atoms with van der Waals surface area (Å²) in [5.74, 6) is -7.26. The summed E-state index contributed by atoms with van der Waals surface area (Å²) in [5.41, 5.74) is 45.0. The third-order valence-corrected chi connectivity index (χ3v) is 10.2. The summed E-state index contributed by atoms with van der Waals surface area (Å²) in [4.78, 5) is 102. The second-order valence-corrected chi connectivity index (χ2v) is 16.1. The van der Waals surface area contributed by atoms with Crippen molar-refractivity contribution in [3.05, 3.63) is 29.8 Å². The summed E-state index contributed by atoms with van der Waals surface area (Å²) in [5, 5.41) is 55.5. The smallest absolute Gasteiger partial charge is 0.326 e. The molecule has 1 aromatic rings. The fourth-order valence-corrected chi connectivity index (χ4v) is 6.49. The largest absolute Gasteiger partial charge is 0.508 e. The first-order valence-corrected chi connectivity index (χ1v) is 22.3. The number of aliphatic carboxylic acids is 1. The number of amides is 6. The van der Waals surface area contributed by atoms with Crippen LogP contribution in [0.15, 0.2) is 34.3 Å². The molecule has 0 saturated heterocycles. The predicted molar refractivity (Wildman–Crippen MR) is 251 cm³/mol. The summed E-state index contributed by atoms with van der Waals surface area (Å²) in [7, 11) is 0. The molecule has 1 rings (SSSR count). The van der Waals surface area contributed by atoms with Crippen molar-refractivity contribution in [2.45, 2.75) is 132 Å². The van der Waals surface area contributed by atoms with Crippen LogP contribution in [-0.4, -0.2) is 161 Å². The van der Waals surface area contributed by atoms with E-state index in [1.54, 1.807) is 0 Å². The molecule has 27 heteroatoms. The van der Waals surface area contributed by atoms with Crippen molar-refractivity contribution in [2.75, 3.05) is 32.7 Å². The number of carbonyl (C=O) groups is 7. The Morgan fingerprint density at radius 1 is 0.574 bits per heavy atom. The average molecular weight is 967 g/mol. The highest BCUT2D eigenvalue weighted by Crippen LogP contribution is 2.13. The number of phenolic OH excluding ortho intramolecular Hbond substituents is 1. The molecule has 6 amide bonds. The Balaban J connectivity index is 3.33. The van der Waals surface area contributed by atoms with Crippen LogP contribution in [0.1, 0.15) is 76.7 Å². The summed E-state index contributed by atoms with van der Waals surface area (Å²) in [6.07, 6.45) is -1.99. The van der Waals surface area contributed by atoms with E-state index >= 15 is 0 Å². The van der Waals surface area contributed by atoms with Gasteiger partial charge in [-0.3, -0.25) is 38.8 Å². The van der Waals surface area contributed by atoms with Gasteiger partial charge in [-0.15, -0.1) is 0 Å². The highest BCUT2D eigenvalue weighted by atomic mass is 16.4. The maximum atomic E-state index is 13.9. The number of carboxylic acids is 1. The van der Waals surface area contributed by atoms with Gasteiger partial charge in [0.15, 0.2) is 11.9 Å². The van der Waals surface area contributed by atoms with Crippen molar-refractivity contribution in [1.82, 2.24) is 31.9 Å². The maximum absolute atomic E-state index is 13.9. The van der Waals surface area contributed by atoms with E-state index in [4.69, 9.17) is 45.9 Å². The van der Waals surface area contributed by atoms with Crippen molar-refractivity contribution < 1.29 is 54.0 Å². The van der Waals surface area contributed by atoms with Crippen LogP contribution < -0.4 is 77.8 Å². The summed E-state index contributed by atoms with van der Waals surface area (Å²) >= 11 is 0. The highest BCUT2D eigenvalue weighted by molar-refractivity contribution is 5.97. The molecule has 1 unspecified atom stereocenters. The molecular formula is C41H74N16O11. The number of nitrogens with two attached hydrogens (primary N) is 8. The van der Waals surface area contributed by atoms with E-state index < -0.39 is 95.9 Å². The minimum atomic E-state index is -1.72. The second-order valence-electron chi connectivity index (χ2n) is 16.1. The third-order valence-electron chi connectivity index (χ3n) is 10.2. The highest BCUT2D eigenvalue weighted by Gasteiger charge is 2.35. The van der Waals surface area contributed by atoms with Gasteiger partial charge in [0.05, 0.1) is 24.8 Å². The lowest BCUT2D eigenvalue weighted by atomic mass is 10.0. The zero-order valence-electron chi connectivity index (χ0n) is 38.5. The Kier molecular flexibility index (Phi) is 28.4. The standard InChI is InChI=1S/C41H74N16O11/c1-22(58)32(57-37(65)29(9-5-17-44)54-35(63)30(10-6-18-50-40(46)47)52-33(61)26(45)20-25(60)21-51-41(48)49)38(66)55-28(8-4-16-43)34(62)53-27(7-2-3-15-42)36(64)56-31(39(67)68)19-23-11-13-24(59)14-12-23/h11-14,22,25-32,58-60H,2-10,15-21,42-45H2,1H3,(H,52,61)(H,53,62)(H,54,63)(H,55,66)(H,56,64)(H,57,65)(H,67,68)(H4,46,47,50)(H4,48,49,51)/t22-,25?,26+,27+,28+,29+,30+,31+,32+/m1/s1. The molecule has 0 saturated carbocycles. The van der Waals surface area contributed by atoms with E-state index in [1.165, 1.54) is 31.2 Å². The van der Waals surface area contributed by atoms with E-state index in [0.29, 0.717) is 18.4 Å². The summed E-state index contributed by atoms with van der Waals surface area (Å²) < 4.78 is 0. The number of aliphatic hydroxyl groups is 2. The van der Waals surface area contributed by atoms with Crippen LogP contribution in [0.2, 0.25) is 0 Å². The molecule has 1 aromatic carbocycles. The molecule has 0 fully saturated rings. The number of aliphatic hydroxyl groups excluding tert-OH is 2. The number of aromatic hydroxyl groups is 1. The number of unbranched alkanes of at least 4 members (excludes halogenated alkanes) is 1. The number of aliphatic imine (C=N–C) groups is 2. The minimum Gasteiger partial charge on any atom is -0.508 e. The first-order chi connectivity index (χ1) is 32.1. The van der Waals surface area contributed by atoms with Crippen LogP contribution in [0.25, 0.3) is 0 Å². The monoisotopic (exact) mass is 967 g/mol. The molecule has 26 N–H and O–H groups in total. The lowest BCUT2D eigenvalue weighted by Crippen LogP contribution is -2.61. The minimum absolute atomic E-state index is 0.0390. The molecule has 0 heterocycles. The SMILES string of the molecule is C[C@@H](O)[C@H](NC(=O)[C@H](CCCN)NC(=O)[C@H](CCCN=C(N)N)NC(=O)[C@@H](N)CC(O)CN=C(N)N)C(=O)N[C@@H](CCCN)C(=O)N[C@@H](CCCCN)C(=O)N[C@@H](Cc1ccc(O)cc1)C(=O)O. The molecule has 0 aromatic heterocycles. The third kappa shape index (κ3) is 23.9. The van der Waals surface area contributed by atoms with Crippen molar-refractivity contribution in [2.24, 2.45) is 55.9 Å². The Morgan fingerprint density at radius 2 is 1.00 bits per heavy atom. The first kappa shape index (κ1) is 59.6. The van der Waals surface area contributed by atoms with Crippen LogP contribution in [-0.2, 0) is 40.0 Å². The molecule has 27 nitrogen and oxygen atoms in total. The fourth-order valence-electron chi connectivity index (χ4n) is 6.49. The second kappa shape index (κ2) is 32.3. The maximum Gasteiger partial charge on any atom is 0.326 e. The van der Waals surface area contributed by atoms with E-state index in [-0.39, 0.29) is 108 Å². The number of nitrogens with zero attached hydrogens (tertiary/aromatic N) is 2. The Morgan fingerprint density at radius 3 is 1.46 bits per heavy atom. The first-order valence-electron chi connectivity index (χ1n) is 22.3. The number of hydrogen-bond acceptors (Lipinski definition) is 16. The van der Waals surface area contributed by atoms with Crippen molar-refractivity contribution in [3.8, 4) is 5.75 Å². The molecule has 9 atom stereocenters. The molecule has 0 bridgehead atoms. The van der Waals surface area contributed by atoms with Crippen molar-refractivity contribution in [3.63, 3.8) is 0 Å². The number of hydrogen-bond donors (Lipinski definition) is 18. The van der Waals surface area contributed by atoms with Gasteiger partial charge in [-0.1, -0.05) is 12.1 Å². The number of nitrogens with one attached hydrogen (secondary N) is 6. The molecule has 0 spiro atoms. The van der Waals surface area contributed by atoms with Gasteiger partial charge in [0, 0.05) is 13.0 Å². The fraction of sp³-hybridized carbons (Fsp3) is 0.634. The summed E-state index contributed by atoms with van der Waals surface area (Å²) in [6.45, 7) is 1.44. The van der Waals surface area contributed by atoms with Gasteiger partial charge >= 0.3 is 5.97 Å². The zero-order chi connectivity index (χ0) is 51.3. The molecular weight excluding hydrogens is 893 g/mol. The van der Waals surface area contributed by atoms with E-state index in [9.17, 15) is 54.0 Å². The lowest BCUT2D eigenvalue weighted by molar-refractivity contribution is -0.142. The Labute approximate surface area is 394 Å². The van der Waals surface area contributed by atoms with Crippen LogP contribution in [0.3, 0.4) is 0 Å². The zero-order valence-corrected chi connectivity index (χ0v) is 38.5. The number of phenols is 1. The normalized spacial score (nSPS) is 15.0. The molecule has 0 aliphatic rings. The number of carboxylic acid groups (broad SMARTS) is 1. The van der Waals surface area contributed by atoms with Crippen LogP contribution in [0.4, 0.5) is 0 Å². The van der Waals surface area contributed by atoms with Crippen molar-refractivity contribution in [1.29, 1.82) is 0 Å². The number of carbonyl (C=O) groups excluding carboxylic acids is 6. The predicted octanol–water partition coefficient (Wildman–Crippen LogP) is -6.68. The topological polar surface area (TPSA) is 505 Å². The van der Waals surface area contributed by atoms with Crippen molar-refractivity contribution >= 4 is 53.3 Å². The van der Waals surface area contributed by atoms with Gasteiger partial charge in [0.1, 0.15) is 42.0 Å². The average Bonchev–Trinajstić information content (AvgIpc) is 3.27. The van der Waals surface area contributed by atoms with E-state index in [2.05, 4.69) is 41.9 Å². The molecule has 384 valence electrons. The van der Waals surface area contributed by atoms with Crippen LogP contribution in [0.5, 0.6) is 5.75 Å². The van der Waals surface area contributed by atoms with Gasteiger partial charge in [-0.05, 0) is 108 Å². The van der Waals surface area contributed by atoms with Crippen LogP contribution in [0, 0.1) is 0 Å². The van der Waals surface area contributed by atoms with Gasteiger partial charge in [0.25, 0.3) is 0 Å². The molecule has 68 heavy (non-hydrogen) atoms. The van der Waals surface area contributed by atoms with Gasteiger partial charge in [-0.25, -0.2) is 4.79 Å². The Hall–Kier alpha value is -6.39. The molecule has 0 radical (unpaired) electrons. The van der Waals surface area contributed by atoms with Gasteiger partial charge in [-0.2, -0.15) is 0 Å². The molecule has 0 aliphatic heterocycles. The van der Waals surface area contributed by atoms with E-state index in [1.807, 2.05) is 0 Å². The quantitative estimate of drug-likeness (QED) is 0.0173. The van der Waals surface area contributed by atoms with Gasteiger partial charge < -0.3 is 98.2 Å². The van der Waals surface area contributed by atoms with E-state index in [0.717, 1.165) is 0 Å². The number of benzene rings is 1. The lowest BCUT2D eigenvalue weighted by Gasteiger charge is -2.28. The number of rotatable bonds is 34. The van der Waals surface area contributed by atoms with Gasteiger partial charge in [0.2, 0.25) is 35.4 Å². The number of guanidine groups is 2. The Bertz CT molecular complexity index is 1810.